The van der Waals surface area contributed by atoms with Crippen LogP contribution >= 0.6 is 0 Å². The molecule has 0 unspecified atom stereocenters. The van der Waals surface area contributed by atoms with Crippen molar-refractivity contribution in [2.24, 2.45) is 0 Å². The van der Waals surface area contributed by atoms with E-state index in [0.29, 0.717) is 37.6 Å². The molecule has 32 heavy (non-hydrogen) atoms. The van der Waals surface area contributed by atoms with Crippen molar-refractivity contribution in [2.75, 3.05) is 30.6 Å². The first-order valence-corrected chi connectivity index (χ1v) is 11.7. The minimum Gasteiger partial charge on any atom is -0.378 e. The van der Waals surface area contributed by atoms with E-state index in [2.05, 4.69) is 0 Å². The van der Waals surface area contributed by atoms with Crippen LogP contribution in [0.3, 0.4) is 0 Å². The summed E-state index contributed by atoms with van der Waals surface area (Å²) in [5, 5.41) is 0. The van der Waals surface area contributed by atoms with E-state index in [0.717, 1.165) is 17.7 Å². The standard InChI is InChI=1S/C24H23FN2O4S/c25-21-9-11-23(12-10-21)32(29,30)27(18-19-5-2-1-3-6-19)22-8-4-7-20(17-22)24(28)26-13-15-31-16-14-26/h1-12,17H,13-16,18H2. The van der Waals surface area contributed by atoms with Gasteiger partial charge in [-0.3, -0.25) is 9.10 Å². The van der Waals surface area contributed by atoms with Gasteiger partial charge < -0.3 is 9.64 Å². The van der Waals surface area contributed by atoms with Crippen molar-refractivity contribution in [2.45, 2.75) is 11.4 Å². The second-order valence-electron chi connectivity index (χ2n) is 7.41. The summed E-state index contributed by atoms with van der Waals surface area (Å²) in [5.74, 6) is -0.689. The molecule has 1 amide bonds. The average molecular weight is 455 g/mol. The molecule has 1 saturated heterocycles. The van der Waals surface area contributed by atoms with Gasteiger partial charge in [0.05, 0.1) is 30.3 Å². The Bertz CT molecular complexity index is 1180. The highest BCUT2D eigenvalue weighted by Crippen LogP contribution is 2.27. The van der Waals surface area contributed by atoms with Crippen LogP contribution in [0.15, 0.2) is 83.8 Å². The number of carbonyl (C=O) groups is 1. The number of benzene rings is 3. The Morgan fingerprint density at radius 3 is 2.31 bits per heavy atom. The molecule has 4 rings (SSSR count). The molecule has 0 aromatic heterocycles. The second-order valence-corrected chi connectivity index (χ2v) is 9.27. The Kier molecular flexibility index (Phi) is 6.53. The lowest BCUT2D eigenvalue weighted by Gasteiger charge is -2.28. The van der Waals surface area contributed by atoms with Crippen LogP contribution in [0, 0.1) is 5.82 Å². The van der Waals surface area contributed by atoms with Crippen molar-refractivity contribution in [3.8, 4) is 0 Å². The number of hydrogen-bond donors (Lipinski definition) is 0. The largest absolute Gasteiger partial charge is 0.378 e. The number of halogens is 1. The van der Waals surface area contributed by atoms with E-state index in [1.165, 1.54) is 16.4 Å². The van der Waals surface area contributed by atoms with Gasteiger partial charge in [0.15, 0.2) is 0 Å². The lowest BCUT2D eigenvalue weighted by molar-refractivity contribution is 0.0303. The van der Waals surface area contributed by atoms with E-state index in [4.69, 9.17) is 4.74 Å². The maximum atomic E-state index is 13.5. The minimum absolute atomic E-state index is 0.0280. The van der Waals surface area contributed by atoms with E-state index in [1.807, 2.05) is 30.3 Å². The maximum Gasteiger partial charge on any atom is 0.264 e. The number of carbonyl (C=O) groups excluding carboxylic acids is 1. The molecule has 0 aliphatic carbocycles. The Hall–Kier alpha value is -3.23. The summed E-state index contributed by atoms with van der Waals surface area (Å²) in [7, 11) is -4.01. The monoisotopic (exact) mass is 454 g/mol. The van der Waals surface area contributed by atoms with E-state index >= 15 is 0 Å². The minimum atomic E-state index is -4.01. The predicted octanol–water partition coefficient (Wildman–Crippen LogP) is 3.69. The third kappa shape index (κ3) is 4.81. The van der Waals surface area contributed by atoms with Gasteiger partial charge in [-0.1, -0.05) is 36.4 Å². The van der Waals surface area contributed by atoms with Crippen molar-refractivity contribution < 1.29 is 22.3 Å². The Morgan fingerprint density at radius 2 is 1.62 bits per heavy atom. The topological polar surface area (TPSA) is 66.9 Å². The summed E-state index contributed by atoms with van der Waals surface area (Å²) in [6, 6.07) is 20.5. The number of rotatable bonds is 6. The van der Waals surface area contributed by atoms with Crippen LogP contribution in [-0.2, 0) is 21.3 Å². The van der Waals surface area contributed by atoms with Gasteiger partial charge in [0.1, 0.15) is 5.82 Å². The first kappa shape index (κ1) is 22.0. The highest BCUT2D eigenvalue weighted by atomic mass is 32.2. The van der Waals surface area contributed by atoms with Gasteiger partial charge in [0, 0.05) is 18.7 Å². The van der Waals surface area contributed by atoms with Crippen LogP contribution in [0.2, 0.25) is 0 Å². The lowest BCUT2D eigenvalue weighted by Crippen LogP contribution is -2.40. The molecule has 1 heterocycles. The molecule has 0 saturated carbocycles. The van der Waals surface area contributed by atoms with Crippen LogP contribution in [0.5, 0.6) is 0 Å². The van der Waals surface area contributed by atoms with Crippen molar-refractivity contribution in [3.63, 3.8) is 0 Å². The van der Waals surface area contributed by atoms with Gasteiger partial charge in [0.25, 0.3) is 15.9 Å². The lowest BCUT2D eigenvalue weighted by atomic mass is 10.1. The molecule has 8 heteroatoms. The summed E-state index contributed by atoms with van der Waals surface area (Å²) in [5.41, 5.74) is 1.54. The van der Waals surface area contributed by atoms with Crippen molar-refractivity contribution in [1.29, 1.82) is 0 Å². The van der Waals surface area contributed by atoms with Gasteiger partial charge in [-0.25, -0.2) is 12.8 Å². The van der Waals surface area contributed by atoms with Crippen LogP contribution in [0.4, 0.5) is 10.1 Å². The molecule has 0 bridgehead atoms. The highest BCUT2D eigenvalue weighted by Gasteiger charge is 2.27. The van der Waals surface area contributed by atoms with E-state index in [-0.39, 0.29) is 17.3 Å². The van der Waals surface area contributed by atoms with Crippen LogP contribution in [0.25, 0.3) is 0 Å². The van der Waals surface area contributed by atoms with E-state index in [9.17, 15) is 17.6 Å². The molecule has 166 valence electrons. The zero-order chi connectivity index (χ0) is 22.6. The molecule has 0 N–H and O–H groups in total. The van der Waals surface area contributed by atoms with Crippen LogP contribution in [-0.4, -0.2) is 45.5 Å². The molecule has 1 fully saturated rings. The molecule has 6 nitrogen and oxygen atoms in total. The fourth-order valence-electron chi connectivity index (χ4n) is 3.54. The highest BCUT2D eigenvalue weighted by molar-refractivity contribution is 7.92. The Balaban J connectivity index is 1.73. The first-order valence-electron chi connectivity index (χ1n) is 10.2. The number of sulfonamides is 1. The fraction of sp³-hybridized carbons (Fsp3) is 0.208. The van der Waals surface area contributed by atoms with Gasteiger partial charge >= 0.3 is 0 Å². The molecular formula is C24H23FN2O4S. The third-order valence-corrected chi connectivity index (χ3v) is 7.04. The zero-order valence-corrected chi connectivity index (χ0v) is 18.2. The average Bonchev–Trinajstić information content (AvgIpc) is 2.83. The molecule has 1 aliphatic heterocycles. The quantitative estimate of drug-likeness (QED) is 0.570. The zero-order valence-electron chi connectivity index (χ0n) is 17.4. The van der Waals surface area contributed by atoms with E-state index in [1.54, 1.807) is 29.2 Å². The molecular weight excluding hydrogens is 431 g/mol. The van der Waals surface area contributed by atoms with Crippen LogP contribution < -0.4 is 4.31 Å². The van der Waals surface area contributed by atoms with Gasteiger partial charge in [-0.15, -0.1) is 0 Å². The third-order valence-electron chi connectivity index (χ3n) is 5.25. The second kappa shape index (κ2) is 9.50. The number of morpholine rings is 1. The summed E-state index contributed by atoms with van der Waals surface area (Å²) < 4.78 is 47.0. The summed E-state index contributed by atoms with van der Waals surface area (Å²) in [4.78, 5) is 14.6. The molecule has 3 aromatic carbocycles. The summed E-state index contributed by atoms with van der Waals surface area (Å²) in [6.07, 6.45) is 0. The van der Waals surface area contributed by atoms with Crippen molar-refractivity contribution in [1.82, 2.24) is 4.90 Å². The predicted molar refractivity (Wildman–Crippen MR) is 119 cm³/mol. The number of amides is 1. The van der Waals surface area contributed by atoms with Crippen molar-refractivity contribution in [3.05, 3.63) is 95.8 Å². The van der Waals surface area contributed by atoms with E-state index < -0.39 is 15.8 Å². The van der Waals surface area contributed by atoms with Gasteiger partial charge in [-0.05, 0) is 48.0 Å². The Morgan fingerprint density at radius 1 is 0.938 bits per heavy atom. The summed E-state index contributed by atoms with van der Waals surface area (Å²) >= 11 is 0. The number of nitrogens with zero attached hydrogens (tertiary/aromatic N) is 2. The molecule has 0 spiro atoms. The van der Waals surface area contributed by atoms with Gasteiger partial charge in [0.2, 0.25) is 0 Å². The SMILES string of the molecule is O=C(c1cccc(N(Cc2ccccc2)S(=O)(=O)c2ccc(F)cc2)c1)N1CCOCC1. The fourth-order valence-corrected chi connectivity index (χ4v) is 4.99. The van der Waals surface area contributed by atoms with Crippen LogP contribution in [0.1, 0.15) is 15.9 Å². The smallest absolute Gasteiger partial charge is 0.264 e. The normalized spacial score (nSPS) is 14.2. The number of hydrogen-bond acceptors (Lipinski definition) is 4. The Labute approximate surface area is 186 Å². The summed E-state index contributed by atoms with van der Waals surface area (Å²) in [6.45, 7) is 2.00. The van der Waals surface area contributed by atoms with Crippen molar-refractivity contribution >= 4 is 21.6 Å². The maximum absolute atomic E-state index is 13.5. The molecule has 0 radical (unpaired) electrons. The number of anilines is 1. The molecule has 1 aliphatic rings. The first-order chi connectivity index (χ1) is 15.4. The molecule has 0 atom stereocenters. The molecule has 3 aromatic rings. The van der Waals surface area contributed by atoms with Gasteiger partial charge in [-0.2, -0.15) is 0 Å². The number of ether oxygens (including phenoxy) is 1.